The van der Waals surface area contributed by atoms with Crippen molar-refractivity contribution in [1.82, 2.24) is 14.3 Å². The molecule has 0 radical (unpaired) electrons. The summed E-state index contributed by atoms with van der Waals surface area (Å²) in [6.45, 7) is 5.42. The first-order valence-electron chi connectivity index (χ1n) is 6.00. The molecule has 0 unspecified atom stereocenters. The molecule has 0 bridgehead atoms. The quantitative estimate of drug-likeness (QED) is 0.855. The van der Waals surface area contributed by atoms with Gasteiger partial charge in [0.05, 0.1) is 12.6 Å². The van der Waals surface area contributed by atoms with Crippen molar-refractivity contribution in [2.24, 2.45) is 0 Å². The fourth-order valence-electron chi connectivity index (χ4n) is 1.85. The van der Waals surface area contributed by atoms with Crippen LogP contribution in [0.3, 0.4) is 0 Å². The van der Waals surface area contributed by atoms with Crippen molar-refractivity contribution in [2.75, 3.05) is 0 Å². The first kappa shape index (κ1) is 13.5. The highest BCUT2D eigenvalue weighted by Gasteiger charge is 2.14. The lowest BCUT2D eigenvalue weighted by atomic mass is 10.2. The van der Waals surface area contributed by atoms with E-state index in [0.29, 0.717) is 5.82 Å². The zero-order chi connectivity index (χ0) is 14.2. The molecule has 0 saturated heterocycles. The molecule has 2 rings (SSSR count). The molecule has 0 fully saturated rings. The van der Waals surface area contributed by atoms with Gasteiger partial charge in [-0.2, -0.15) is 5.10 Å². The Hall–Kier alpha value is -1.98. The Morgan fingerprint density at radius 2 is 2.00 bits per heavy atom. The van der Waals surface area contributed by atoms with Crippen molar-refractivity contribution in [2.45, 2.75) is 33.4 Å². The van der Waals surface area contributed by atoms with Crippen LogP contribution < -0.4 is 5.69 Å². The molecule has 0 aliphatic rings. The molecule has 0 atom stereocenters. The third-order valence-corrected chi connectivity index (χ3v) is 2.90. The highest BCUT2D eigenvalue weighted by molar-refractivity contribution is 5.19. The normalized spacial score (nSPS) is 11.3. The standard InChI is InChI=1S/C13H15F2N3O/c1-8(2)18-13(19)17(9(3)16-18)7-10-4-5-11(14)6-12(10)15/h4-6,8H,7H2,1-3H3. The van der Waals surface area contributed by atoms with Crippen LogP contribution >= 0.6 is 0 Å². The highest BCUT2D eigenvalue weighted by atomic mass is 19.1. The summed E-state index contributed by atoms with van der Waals surface area (Å²) in [5, 5.41) is 4.12. The van der Waals surface area contributed by atoms with Crippen LogP contribution in [0.2, 0.25) is 0 Å². The average Bonchev–Trinajstić information content (AvgIpc) is 2.60. The molecule has 0 aliphatic heterocycles. The molecular formula is C13H15F2N3O. The number of hydrogen-bond donors (Lipinski definition) is 0. The van der Waals surface area contributed by atoms with Gasteiger partial charge in [-0.3, -0.25) is 4.57 Å². The van der Waals surface area contributed by atoms with Gasteiger partial charge in [-0.15, -0.1) is 0 Å². The summed E-state index contributed by atoms with van der Waals surface area (Å²) in [5.41, 5.74) is -0.0360. The molecule has 1 heterocycles. The predicted octanol–water partition coefficient (Wildman–Crippen LogP) is 2.26. The lowest BCUT2D eigenvalue weighted by molar-refractivity contribution is 0.504. The Morgan fingerprint density at radius 3 is 2.53 bits per heavy atom. The highest BCUT2D eigenvalue weighted by Crippen LogP contribution is 2.11. The third-order valence-electron chi connectivity index (χ3n) is 2.90. The minimum Gasteiger partial charge on any atom is -0.275 e. The number of benzene rings is 1. The van der Waals surface area contributed by atoms with Crippen molar-refractivity contribution in [3.8, 4) is 0 Å². The Bertz CT molecular complexity index is 658. The van der Waals surface area contributed by atoms with Gasteiger partial charge in [0.25, 0.3) is 0 Å². The minimum atomic E-state index is -0.663. The minimum absolute atomic E-state index is 0.0451. The lowest BCUT2D eigenvalue weighted by Crippen LogP contribution is -2.27. The largest absolute Gasteiger partial charge is 0.346 e. The zero-order valence-electron chi connectivity index (χ0n) is 11.0. The monoisotopic (exact) mass is 267 g/mol. The van der Waals surface area contributed by atoms with Crippen molar-refractivity contribution >= 4 is 0 Å². The molecule has 1 aromatic heterocycles. The van der Waals surface area contributed by atoms with E-state index in [-0.39, 0.29) is 23.8 Å². The topological polar surface area (TPSA) is 39.8 Å². The van der Waals surface area contributed by atoms with Gasteiger partial charge in [0, 0.05) is 11.6 Å². The van der Waals surface area contributed by atoms with Crippen LogP contribution in [0.15, 0.2) is 23.0 Å². The molecule has 1 aromatic carbocycles. The summed E-state index contributed by atoms with van der Waals surface area (Å²) in [5.74, 6) is -0.797. The van der Waals surface area contributed by atoms with E-state index >= 15 is 0 Å². The van der Waals surface area contributed by atoms with Crippen molar-refractivity contribution in [3.05, 3.63) is 51.7 Å². The van der Waals surface area contributed by atoms with Gasteiger partial charge >= 0.3 is 5.69 Å². The Morgan fingerprint density at radius 1 is 1.32 bits per heavy atom. The first-order valence-corrected chi connectivity index (χ1v) is 6.00. The summed E-state index contributed by atoms with van der Waals surface area (Å²) in [7, 11) is 0. The number of aryl methyl sites for hydroxylation is 1. The molecule has 6 heteroatoms. The van der Waals surface area contributed by atoms with Gasteiger partial charge in [0.1, 0.15) is 17.5 Å². The number of rotatable bonds is 3. The van der Waals surface area contributed by atoms with E-state index in [1.165, 1.54) is 21.4 Å². The van der Waals surface area contributed by atoms with E-state index in [1.54, 1.807) is 6.92 Å². The summed E-state index contributed by atoms with van der Waals surface area (Å²) in [4.78, 5) is 12.1. The molecule has 102 valence electrons. The van der Waals surface area contributed by atoms with Crippen LogP contribution in [0.25, 0.3) is 0 Å². The summed E-state index contributed by atoms with van der Waals surface area (Å²) >= 11 is 0. The van der Waals surface area contributed by atoms with Crippen LogP contribution in [0.5, 0.6) is 0 Å². The summed E-state index contributed by atoms with van der Waals surface area (Å²) in [6, 6.07) is 3.25. The zero-order valence-corrected chi connectivity index (χ0v) is 11.0. The second-order valence-corrected chi connectivity index (χ2v) is 4.69. The van der Waals surface area contributed by atoms with Crippen LogP contribution in [0.1, 0.15) is 31.3 Å². The van der Waals surface area contributed by atoms with Crippen molar-refractivity contribution < 1.29 is 8.78 Å². The van der Waals surface area contributed by atoms with Crippen LogP contribution in [-0.4, -0.2) is 14.3 Å². The SMILES string of the molecule is Cc1nn(C(C)C)c(=O)n1Cc1ccc(F)cc1F. The lowest BCUT2D eigenvalue weighted by Gasteiger charge is -2.05. The molecule has 0 N–H and O–H groups in total. The third kappa shape index (κ3) is 2.57. The Kier molecular flexibility index (Phi) is 3.50. The average molecular weight is 267 g/mol. The van der Waals surface area contributed by atoms with Gasteiger partial charge in [-0.1, -0.05) is 6.07 Å². The molecule has 0 spiro atoms. The van der Waals surface area contributed by atoms with Crippen LogP contribution in [0, 0.1) is 18.6 Å². The summed E-state index contributed by atoms with van der Waals surface area (Å²) in [6.07, 6.45) is 0. The van der Waals surface area contributed by atoms with E-state index < -0.39 is 11.6 Å². The second-order valence-electron chi connectivity index (χ2n) is 4.69. The predicted molar refractivity (Wildman–Crippen MR) is 67.1 cm³/mol. The van der Waals surface area contributed by atoms with Crippen molar-refractivity contribution in [1.29, 1.82) is 0 Å². The fraction of sp³-hybridized carbons (Fsp3) is 0.385. The second kappa shape index (κ2) is 4.95. The maximum absolute atomic E-state index is 13.6. The van der Waals surface area contributed by atoms with E-state index in [9.17, 15) is 13.6 Å². The maximum Gasteiger partial charge on any atom is 0.346 e. The summed E-state index contributed by atoms with van der Waals surface area (Å²) < 4.78 is 29.1. The maximum atomic E-state index is 13.6. The van der Waals surface area contributed by atoms with Gasteiger partial charge in [0.2, 0.25) is 0 Å². The molecule has 0 saturated carbocycles. The van der Waals surface area contributed by atoms with Gasteiger partial charge in [-0.25, -0.2) is 18.3 Å². The van der Waals surface area contributed by atoms with E-state index in [4.69, 9.17) is 0 Å². The van der Waals surface area contributed by atoms with Gasteiger partial charge in [-0.05, 0) is 26.8 Å². The molecule has 0 amide bonds. The Balaban J connectivity index is 2.41. The van der Waals surface area contributed by atoms with E-state index in [2.05, 4.69) is 5.10 Å². The molecule has 4 nitrogen and oxygen atoms in total. The van der Waals surface area contributed by atoms with E-state index in [0.717, 1.165) is 6.07 Å². The molecular weight excluding hydrogens is 252 g/mol. The number of nitrogens with zero attached hydrogens (tertiary/aromatic N) is 3. The fourth-order valence-corrected chi connectivity index (χ4v) is 1.85. The molecule has 0 aliphatic carbocycles. The first-order chi connectivity index (χ1) is 8.90. The number of halogens is 2. The smallest absolute Gasteiger partial charge is 0.275 e. The van der Waals surface area contributed by atoms with Gasteiger partial charge < -0.3 is 0 Å². The number of aromatic nitrogens is 3. The van der Waals surface area contributed by atoms with Crippen LogP contribution in [0.4, 0.5) is 8.78 Å². The number of hydrogen-bond acceptors (Lipinski definition) is 2. The molecule has 19 heavy (non-hydrogen) atoms. The van der Waals surface area contributed by atoms with Crippen LogP contribution in [-0.2, 0) is 6.54 Å². The van der Waals surface area contributed by atoms with Crippen molar-refractivity contribution in [3.63, 3.8) is 0 Å². The molecule has 2 aromatic rings. The Labute approximate surface area is 109 Å². The van der Waals surface area contributed by atoms with E-state index in [1.807, 2.05) is 13.8 Å². The van der Waals surface area contributed by atoms with Gasteiger partial charge in [0.15, 0.2) is 0 Å².